The quantitative estimate of drug-likeness (QED) is 0.249. The van der Waals surface area contributed by atoms with Gasteiger partial charge in [-0.25, -0.2) is 4.79 Å². The monoisotopic (exact) mass is 237 g/mol. The molecule has 0 rings (SSSR count). The highest BCUT2D eigenvalue weighted by molar-refractivity contribution is 5.86. The van der Waals surface area contributed by atoms with Crippen molar-refractivity contribution in [3.63, 3.8) is 0 Å². The fourth-order valence-electron chi connectivity index (χ4n) is 0.838. The number of aliphatic hydroxyl groups is 1. The van der Waals surface area contributed by atoms with E-state index in [1.165, 1.54) is 0 Å². The maximum absolute atomic E-state index is 11.2. The van der Waals surface area contributed by atoms with Gasteiger partial charge in [0, 0.05) is 12.5 Å². The van der Waals surface area contributed by atoms with Gasteiger partial charge < -0.3 is 22.3 Å². The third-order valence-corrected chi connectivity index (χ3v) is 2.29. The lowest BCUT2D eigenvalue weighted by Gasteiger charge is -2.34. The van der Waals surface area contributed by atoms with Crippen molar-refractivity contribution in [2.75, 3.05) is 27.2 Å². The van der Waals surface area contributed by atoms with E-state index in [1.54, 1.807) is 13.8 Å². The Labute approximate surface area is 97.5 Å². The molecule has 0 bridgehead atoms. The zero-order valence-electron chi connectivity index (χ0n) is 9.79. The molecule has 1 atom stereocenters. The van der Waals surface area contributed by atoms with Gasteiger partial charge in [-0.15, -0.1) is 0 Å². The van der Waals surface area contributed by atoms with Crippen LogP contribution in [-0.4, -0.2) is 49.0 Å². The zero-order valence-corrected chi connectivity index (χ0v) is 10.5. The second-order valence-electron chi connectivity index (χ2n) is 4.01. The maximum Gasteiger partial charge on any atom is 0.337 e. The lowest BCUT2D eigenvalue weighted by molar-refractivity contribution is -0.932. The zero-order chi connectivity index (χ0) is 11.4. The molecular formula is C10H20ClNO3. The first-order chi connectivity index (χ1) is 6.31. The van der Waals surface area contributed by atoms with Crippen LogP contribution in [0, 0.1) is 0 Å². The fraction of sp³-hybridized carbons (Fsp3) is 0.700. The number of carbonyl (C=O) groups excluding carboxylic acids is 1. The SMILES string of the molecule is C=C(C)C(=O)OC(C)[N+](C)(C)CCO.[Cl-]. The summed E-state index contributed by atoms with van der Waals surface area (Å²) in [5.41, 5.74) is 0.390. The molecule has 15 heavy (non-hydrogen) atoms. The minimum atomic E-state index is -0.387. The predicted molar refractivity (Wildman–Crippen MR) is 54.4 cm³/mol. The normalized spacial score (nSPS) is 12.6. The van der Waals surface area contributed by atoms with Gasteiger partial charge >= 0.3 is 5.97 Å². The number of halogens is 1. The average molecular weight is 238 g/mol. The van der Waals surface area contributed by atoms with Gasteiger partial charge in [-0.1, -0.05) is 6.58 Å². The summed E-state index contributed by atoms with van der Waals surface area (Å²) in [5.74, 6) is -0.387. The number of ether oxygens (including phenoxy) is 1. The Morgan fingerprint density at radius 2 is 2.00 bits per heavy atom. The highest BCUT2D eigenvalue weighted by Gasteiger charge is 2.26. The minimum absolute atomic E-state index is 0. The maximum atomic E-state index is 11.2. The van der Waals surface area contributed by atoms with Crippen LogP contribution in [0.25, 0.3) is 0 Å². The number of quaternary nitrogens is 1. The van der Waals surface area contributed by atoms with Crippen molar-refractivity contribution >= 4 is 5.97 Å². The van der Waals surface area contributed by atoms with Crippen molar-refractivity contribution in [1.29, 1.82) is 0 Å². The van der Waals surface area contributed by atoms with E-state index < -0.39 is 0 Å². The Morgan fingerprint density at radius 1 is 1.53 bits per heavy atom. The summed E-state index contributed by atoms with van der Waals surface area (Å²) in [6.45, 7) is 7.54. The van der Waals surface area contributed by atoms with Crippen LogP contribution >= 0.6 is 0 Å². The smallest absolute Gasteiger partial charge is 0.337 e. The summed E-state index contributed by atoms with van der Waals surface area (Å²) >= 11 is 0. The second-order valence-corrected chi connectivity index (χ2v) is 4.01. The van der Waals surface area contributed by atoms with Crippen molar-refractivity contribution in [2.45, 2.75) is 20.1 Å². The van der Waals surface area contributed by atoms with E-state index in [-0.39, 0.29) is 31.2 Å². The van der Waals surface area contributed by atoms with Crippen LogP contribution < -0.4 is 12.4 Å². The third-order valence-electron chi connectivity index (χ3n) is 2.29. The van der Waals surface area contributed by atoms with Gasteiger partial charge in [0.15, 0.2) is 0 Å². The van der Waals surface area contributed by atoms with E-state index in [1.807, 2.05) is 14.1 Å². The Hall–Kier alpha value is -0.580. The van der Waals surface area contributed by atoms with Gasteiger partial charge in [0.1, 0.15) is 6.54 Å². The van der Waals surface area contributed by atoms with Crippen LogP contribution in [0.1, 0.15) is 13.8 Å². The molecule has 0 spiro atoms. The van der Waals surface area contributed by atoms with E-state index in [2.05, 4.69) is 6.58 Å². The number of nitrogens with zero attached hydrogens (tertiary/aromatic N) is 1. The van der Waals surface area contributed by atoms with Crippen LogP contribution in [0.15, 0.2) is 12.2 Å². The van der Waals surface area contributed by atoms with E-state index in [4.69, 9.17) is 9.84 Å². The van der Waals surface area contributed by atoms with Gasteiger partial charge in [-0.2, -0.15) is 0 Å². The molecule has 4 nitrogen and oxygen atoms in total. The molecule has 1 N–H and O–H groups in total. The number of rotatable bonds is 5. The van der Waals surface area contributed by atoms with Crippen LogP contribution in [-0.2, 0) is 9.53 Å². The summed E-state index contributed by atoms with van der Waals surface area (Å²) in [7, 11) is 3.79. The van der Waals surface area contributed by atoms with Gasteiger partial charge in [-0.05, 0) is 6.92 Å². The van der Waals surface area contributed by atoms with Crippen LogP contribution in [0.3, 0.4) is 0 Å². The number of aliphatic hydroxyl groups excluding tert-OH is 1. The highest BCUT2D eigenvalue weighted by Crippen LogP contribution is 2.09. The van der Waals surface area contributed by atoms with Crippen molar-refractivity contribution in [3.05, 3.63) is 12.2 Å². The summed E-state index contributed by atoms with van der Waals surface area (Å²) in [5, 5.41) is 8.82. The van der Waals surface area contributed by atoms with E-state index in [0.717, 1.165) is 0 Å². The molecular weight excluding hydrogens is 218 g/mol. The van der Waals surface area contributed by atoms with E-state index in [0.29, 0.717) is 16.6 Å². The topological polar surface area (TPSA) is 46.5 Å². The summed E-state index contributed by atoms with van der Waals surface area (Å²) < 4.78 is 5.59. The van der Waals surface area contributed by atoms with Gasteiger partial charge in [0.05, 0.1) is 20.7 Å². The molecule has 1 unspecified atom stereocenters. The molecule has 0 aromatic heterocycles. The first-order valence-electron chi connectivity index (χ1n) is 4.61. The van der Waals surface area contributed by atoms with Crippen molar-refractivity contribution in [2.24, 2.45) is 0 Å². The molecule has 0 aliphatic heterocycles. The molecule has 0 radical (unpaired) electrons. The molecule has 90 valence electrons. The molecule has 0 saturated heterocycles. The second kappa shape index (κ2) is 6.82. The Bertz CT molecular complexity index is 229. The lowest BCUT2D eigenvalue weighted by atomic mass is 10.3. The van der Waals surface area contributed by atoms with Gasteiger partial charge in [0.25, 0.3) is 0 Å². The molecule has 0 fully saturated rings. The summed E-state index contributed by atoms with van der Waals surface area (Å²) in [6, 6.07) is 0. The van der Waals surface area contributed by atoms with Crippen LogP contribution in [0.4, 0.5) is 0 Å². The van der Waals surface area contributed by atoms with E-state index in [9.17, 15) is 4.79 Å². The largest absolute Gasteiger partial charge is 1.00 e. The molecule has 0 saturated carbocycles. The van der Waals surface area contributed by atoms with Crippen LogP contribution in [0.2, 0.25) is 0 Å². The van der Waals surface area contributed by atoms with Crippen molar-refractivity contribution in [3.8, 4) is 0 Å². The molecule has 0 aromatic rings. The Morgan fingerprint density at radius 3 is 2.33 bits per heavy atom. The van der Waals surface area contributed by atoms with Crippen LogP contribution in [0.5, 0.6) is 0 Å². The summed E-state index contributed by atoms with van der Waals surface area (Å²) in [4.78, 5) is 11.2. The van der Waals surface area contributed by atoms with Crippen molar-refractivity contribution < 1.29 is 31.5 Å². The number of carbonyl (C=O) groups is 1. The van der Waals surface area contributed by atoms with Gasteiger partial charge in [0.2, 0.25) is 6.23 Å². The number of likely N-dealkylation sites (N-methyl/N-ethyl adjacent to an activating group) is 1. The average Bonchev–Trinajstić information content (AvgIpc) is 2.03. The number of hydrogen-bond donors (Lipinski definition) is 1. The molecule has 5 heteroatoms. The predicted octanol–water partition coefficient (Wildman–Crippen LogP) is -2.48. The van der Waals surface area contributed by atoms with Gasteiger partial charge in [-0.3, -0.25) is 4.48 Å². The Kier molecular flexibility index (Phi) is 7.66. The highest BCUT2D eigenvalue weighted by atomic mass is 35.5. The molecule has 0 heterocycles. The molecule has 0 amide bonds. The lowest BCUT2D eigenvalue weighted by Crippen LogP contribution is -3.00. The first kappa shape index (κ1) is 16.8. The number of hydrogen-bond acceptors (Lipinski definition) is 3. The fourth-order valence-corrected chi connectivity index (χ4v) is 0.838. The summed E-state index contributed by atoms with van der Waals surface area (Å²) in [6.07, 6.45) is -0.286. The number of esters is 1. The minimum Gasteiger partial charge on any atom is -1.00 e. The molecule has 0 aliphatic carbocycles. The molecule has 0 aromatic carbocycles. The standard InChI is InChI=1S/C10H20NO3.ClH/c1-8(2)10(13)14-9(3)11(4,5)6-7-12;/h9,12H,1,6-7H2,2-5H3;1H/q+1;/p-1. The molecule has 0 aliphatic rings. The van der Waals surface area contributed by atoms with Crippen molar-refractivity contribution in [1.82, 2.24) is 0 Å². The first-order valence-corrected chi connectivity index (χ1v) is 4.61. The third kappa shape index (κ3) is 5.77. The Balaban J connectivity index is 0. The van der Waals surface area contributed by atoms with E-state index >= 15 is 0 Å².